The molecule has 0 amide bonds. The number of aromatic amines is 1. The molecule has 0 aliphatic carbocycles. The molecule has 1 N–H and O–H groups in total. The second-order valence-electron chi connectivity index (χ2n) is 3.00. The molecular weight excluding hydrogens is 150 g/mol. The van der Waals surface area contributed by atoms with Crippen molar-refractivity contribution in [1.29, 1.82) is 0 Å². The minimum atomic E-state index is 0.903. The number of H-pyrrole nitrogens is 1. The van der Waals surface area contributed by atoms with E-state index in [4.69, 9.17) is 4.42 Å². The van der Waals surface area contributed by atoms with Gasteiger partial charge in [-0.25, -0.2) is 0 Å². The van der Waals surface area contributed by atoms with Crippen molar-refractivity contribution in [3.05, 3.63) is 35.7 Å². The highest BCUT2D eigenvalue weighted by atomic mass is 16.3. The number of nitrogens with one attached hydrogen (secondary N) is 1. The summed E-state index contributed by atoms with van der Waals surface area (Å²) in [5.74, 6) is 1.85. The summed E-state index contributed by atoms with van der Waals surface area (Å²) in [5, 5.41) is 0. The van der Waals surface area contributed by atoms with E-state index in [2.05, 4.69) is 18.0 Å². The normalized spacial score (nSPS) is 10.5. The molecule has 2 aromatic rings. The van der Waals surface area contributed by atoms with Crippen LogP contribution in [0.4, 0.5) is 0 Å². The molecule has 2 aromatic heterocycles. The Kier molecular flexibility index (Phi) is 1.54. The first-order chi connectivity index (χ1) is 5.75. The molecule has 0 atom stereocenters. The van der Waals surface area contributed by atoms with Crippen LogP contribution in [0.2, 0.25) is 0 Å². The molecule has 0 radical (unpaired) electrons. The molecule has 0 bridgehead atoms. The van der Waals surface area contributed by atoms with Gasteiger partial charge in [-0.2, -0.15) is 0 Å². The Bertz CT molecular complexity index is 346. The molecule has 2 nitrogen and oxygen atoms in total. The van der Waals surface area contributed by atoms with Gasteiger partial charge in [0.15, 0.2) is 0 Å². The maximum Gasteiger partial charge on any atom is 0.150 e. The molecule has 0 saturated carbocycles. The van der Waals surface area contributed by atoms with Crippen molar-refractivity contribution in [2.75, 3.05) is 0 Å². The van der Waals surface area contributed by atoms with Crippen molar-refractivity contribution in [3.63, 3.8) is 0 Å². The van der Waals surface area contributed by atoms with E-state index in [0.29, 0.717) is 0 Å². The Hall–Kier alpha value is -1.44. The second-order valence-corrected chi connectivity index (χ2v) is 3.00. The van der Waals surface area contributed by atoms with Crippen LogP contribution in [0.15, 0.2) is 28.8 Å². The predicted octanol–water partition coefficient (Wildman–Crippen LogP) is 2.89. The molecule has 0 aromatic carbocycles. The number of aryl methyl sites for hydroxylation is 2. The molecule has 0 saturated heterocycles. The van der Waals surface area contributed by atoms with Crippen LogP contribution in [0.3, 0.4) is 0 Å². The van der Waals surface area contributed by atoms with E-state index in [9.17, 15) is 0 Å². The van der Waals surface area contributed by atoms with Gasteiger partial charge in [0.2, 0.25) is 0 Å². The zero-order valence-corrected chi connectivity index (χ0v) is 7.22. The lowest BCUT2D eigenvalue weighted by molar-refractivity contribution is 0.547. The van der Waals surface area contributed by atoms with Gasteiger partial charge in [0.1, 0.15) is 11.5 Å². The maximum atomic E-state index is 5.45. The van der Waals surface area contributed by atoms with E-state index in [1.165, 1.54) is 5.56 Å². The largest absolute Gasteiger partial charge is 0.460 e. The van der Waals surface area contributed by atoms with Crippen LogP contribution in [0.1, 0.15) is 11.3 Å². The SMILES string of the molecule is Cc1c[nH]c(-c2ccc(C)o2)c1. The Morgan fingerprint density at radius 3 is 2.58 bits per heavy atom. The Labute approximate surface area is 71.2 Å². The molecule has 0 aliphatic heterocycles. The second kappa shape index (κ2) is 2.55. The van der Waals surface area contributed by atoms with Crippen molar-refractivity contribution in [3.8, 4) is 11.5 Å². The van der Waals surface area contributed by atoms with Gasteiger partial charge in [-0.15, -0.1) is 0 Å². The number of rotatable bonds is 1. The third-order valence-corrected chi connectivity index (χ3v) is 1.83. The lowest BCUT2D eigenvalue weighted by Crippen LogP contribution is -1.69. The fourth-order valence-electron chi connectivity index (χ4n) is 1.22. The minimum Gasteiger partial charge on any atom is -0.460 e. The molecule has 62 valence electrons. The molecule has 0 fully saturated rings. The topological polar surface area (TPSA) is 28.9 Å². The van der Waals surface area contributed by atoms with Crippen LogP contribution < -0.4 is 0 Å². The standard InChI is InChI=1S/C10H11NO/c1-7-5-9(11-6-7)10-4-3-8(2)12-10/h3-6,11H,1-2H3. The molecule has 0 aliphatic rings. The van der Waals surface area contributed by atoms with Gasteiger partial charge in [0, 0.05) is 6.20 Å². The number of hydrogen-bond acceptors (Lipinski definition) is 1. The zero-order chi connectivity index (χ0) is 8.55. The smallest absolute Gasteiger partial charge is 0.150 e. The quantitative estimate of drug-likeness (QED) is 0.684. The Morgan fingerprint density at radius 2 is 2.08 bits per heavy atom. The summed E-state index contributed by atoms with van der Waals surface area (Å²) >= 11 is 0. The van der Waals surface area contributed by atoms with Gasteiger partial charge in [0.05, 0.1) is 5.69 Å². The summed E-state index contributed by atoms with van der Waals surface area (Å²) in [4.78, 5) is 3.14. The van der Waals surface area contributed by atoms with Crippen LogP contribution in [0, 0.1) is 13.8 Å². The summed E-state index contributed by atoms with van der Waals surface area (Å²) in [5.41, 5.74) is 2.26. The highest BCUT2D eigenvalue weighted by molar-refractivity contribution is 5.53. The number of hydrogen-bond donors (Lipinski definition) is 1. The van der Waals surface area contributed by atoms with E-state index in [1.807, 2.05) is 25.3 Å². The van der Waals surface area contributed by atoms with Crippen LogP contribution in [-0.4, -0.2) is 4.98 Å². The molecular formula is C10H11NO. The molecule has 2 heterocycles. The van der Waals surface area contributed by atoms with Crippen LogP contribution in [0.25, 0.3) is 11.5 Å². The van der Waals surface area contributed by atoms with Crippen LogP contribution in [-0.2, 0) is 0 Å². The highest BCUT2D eigenvalue weighted by Gasteiger charge is 2.02. The van der Waals surface area contributed by atoms with E-state index < -0.39 is 0 Å². The summed E-state index contributed by atoms with van der Waals surface area (Å²) in [6, 6.07) is 6.00. The van der Waals surface area contributed by atoms with Gasteiger partial charge >= 0.3 is 0 Å². The summed E-state index contributed by atoms with van der Waals surface area (Å²) in [7, 11) is 0. The van der Waals surface area contributed by atoms with Gasteiger partial charge < -0.3 is 9.40 Å². The number of aromatic nitrogens is 1. The molecule has 12 heavy (non-hydrogen) atoms. The number of furan rings is 1. The Morgan fingerprint density at radius 1 is 1.25 bits per heavy atom. The van der Waals surface area contributed by atoms with Gasteiger partial charge in [-0.1, -0.05) is 0 Å². The van der Waals surface area contributed by atoms with Crippen molar-refractivity contribution in [1.82, 2.24) is 4.98 Å². The summed E-state index contributed by atoms with van der Waals surface area (Å²) in [6.07, 6.45) is 1.97. The third kappa shape index (κ3) is 1.16. The predicted molar refractivity (Wildman–Crippen MR) is 48.0 cm³/mol. The zero-order valence-electron chi connectivity index (χ0n) is 7.22. The lowest BCUT2D eigenvalue weighted by Gasteiger charge is -1.88. The fraction of sp³-hybridized carbons (Fsp3) is 0.200. The van der Waals surface area contributed by atoms with Crippen LogP contribution >= 0.6 is 0 Å². The van der Waals surface area contributed by atoms with Crippen LogP contribution in [0.5, 0.6) is 0 Å². The van der Waals surface area contributed by atoms with Gasteiger partial charge in [-0.3, -0.25) is 0 Å². The molecule has 0 spiro atoms. The monoisotopic (exact) mass is 161 g/mol. The van der Waals surface area contributed by atoms with Crippen molar-refractivity contribution in [2.24, 2.45) is 0 Å². The van der Waals surface area contributed by atoms with E-state index >= 15 is 0 Å². The first kappa shape index (κ1) is 7.22. The average Bonchev–Trinajstić information content (AvgIpc) is 2.58. The lowest BCUT2D eigenvalue weighted by atomic mass is 10.3. The molecule has 2 heteroatoms. The summed E-state index contributed by atoms with van der Waals surface area (Å²) in [6.45, 7) is 4.00. The van der Waals surface area contributed by atoms with Crippen molar-refractivity contribution >= 4 is 0 Å². The highest BCUT2D eigenvalue weighted by Crippen LogP contribution is 2.20. The maximum absolute atomic E-state index is 5.45. The Balaban J connectivity index is 2.43. The van der Waals surface area contributed by atoms with Gasteiger partial charge in [0.25, 0.3) is 0 Å². The van der Waals surface area contributed by atoms with Crippen molar-refractivity contribution < 1.29 is 4.42 Å². The molecule has 2 rings (SSSR count). The average molecular weight is 161 g/mol. The van der Waals surface area contributed by atoms with E-state index in [-0.39, 0.29) is 0 Å². The first-order valence-corrected chi connectivity index (χ1v) is 3.97. The molecule has 0 unspecified atom stereocenters. The third-order valence-electron chi connectivity index (χ3n) is 1.83. The van der Waals surface area contributed by atoms with E-state index in [1.54, 1.807) is 0 Å². The van der Waals surface area contributed by atoms with Crippen molar-refractivity contribution in [2.45, 2.75) is 13.8 Å². The van der Waals surface area contributed by atoms with E-state index in [0.717, 1.165) is 17.2 Å². The van der Waals surface area contributed by atoms with Gasteiger partial charge in [-0.05, 0) is 37.6 Å². The minimum absolute atomic E-state index is 0.903. The first-order valence-electron chi connectivity index (χ1n) is 3.97. The summed E-state index contributed by atoms with van der Waals surface area (Å²) < 4.78 is 5.45. The fourth-order valence-corrected chi connectivity index (χ4v) is 1.22.